The Hall–Kier alpha value is -3.96. The van der Waals surface area contributed by atoms with Crippen LogP contribution in [0.3, 0.4) is 0 Å². The summed E-state index contributed by atoms with van der Waals surface area (Å²) in [6, 6.07) is 10.8. The van der Waals surface area contributed by atoms with Crippen LogP contribution < -0.4 is 21.7 Å². The Morgan fingerprint density at radius 1 is 0.977 bits per heavy atom. The molecule has 0 aliphatic carbocycles. The fourth-order valence-corrected chi connectivity index (χ4v) is 5.71. The van der Waals surface area contributed by atoms with Gasteiger partial charge in [-0.2, -0.15) is 0 Å². The average molecular weight is 625 g/mol. The zero-order valence-electron chi connectivity index (χ0n) is 25.1. The lowest BCUT2D eigenvalue weighted by Crippen LogP contribution is -2.56. The van der Waals surface area contributed by atoms with Crippen molar-refractivity contribution in [1.29, 1.82) is 0 Å². The van der Waals surface area contributed by atoms with E-state index in [9.17, 15) is 24.0 Å². The average Bonchev–Trinajstić information content (AvgIpc) is 3.04. The highest BCUT2D eigenvalue weighted by molar-refractivity contribution is 6.31. The second kappa shape index (κ2) is 15.7. The molecule has 2 atom stereocenters. The molecule has 0 saturated carbocycles. The minimum Gasteiger partial charge on any atom is -0.355 e. The van der Waals surface area contributed by atoms with Gasteiger partial charge in [0.1, 0.15) is 12.1 Å². The molecule has 12 heteroatoms. The van der Waals surface area contributed by atoms with Crippen molar-refractivity contribution < 1.29 is 24.0 Å². The lowest BCUT2D eigenvalue weighted by Gasteiger charge is -2.37. The van der Waals surface area contributed by atoms with Crippen molar-refractivity contribution in [3.8, 4) is 0 Å². The summed E-state index contributed by atoms with van der Waals surface area (Å²) in [4.78, 5) is 68.6. The molecule has 4 rings (SSSR count). The summed E-state index contributed by atoms with van der Waals surface area (Å²) in [5.41, 5.74) is 8.54. The Morgan fingerprint density at radius 2 is 1.68 bits per heavy atom. The highest BCUT2D eigenvalue weighted by Gasteiger charge is 2.36. The smallest absolute Gasteiger partial charge is 0.247 e. The zero-order chi connectivity index (χ0) is 31.6. The molecule has 2 heterocycles. The number of piperidine rings is 1. The normalized spacial score (nSPS) is 16.8. The third kappa shape index (κ3) is 8.79. The number of aryl methyl sites for hydroxylation is 1. The number of rotatable bonds is 11. The van der Waals surface area contributed by atoms with E-state index in [0.29, 0.717) is 23.8 Å². The molecule has 44 heavy (non-hydrogen) atoms. The van der Waals surface area contributed by atoms with Gasteiger partial charge in [0.15, 0.2) is 0 Å². The van der Waals surface area contributed by atoms with Gasteiger partial charge in [0, 0.05) is 56.2 Å². The topological polar surface area (TPSA) is 154 Å². The second-order valence-electron chi connectivity index (χ2n) is 11.3. The molecule has 5 amide bonds. The zero-order valence-corrected chi connectivity index (χ0v) is 25.8. The number of nitrogens with one attached hydrogen (secondary N) is 3. The number of carbonyl (C=O) groups is 5. The number of hydrogen-bond donors (Lipinski definition) is 4. The highest BCUT2D eigenvalue weighted by Crippen LogP contribution is 2.25. The van der Waals surface area contributed by atoms with Gasteiger partial charge < -0.3 is 31.5 Å². The molecule has 0 radical (unpaired) electrons. The van der Waals surface area contributed by atoms with Crippen molar-refractivity contribution in [2.75, 3.05) is 31.5 Å². The fourth-order valence-electron chi connectivity index (χ4n) is 5.59. The van der Waals surface area contributed by atoms with E-state index in [1.165, 1.54) is 4.90 Å². The third-order valence-corrected chi connectivity index (χ3v) is 8.56. The summed E-state index contributed by atoms with van der Waals surface area (Å²) < 4.78 is 0. The SMILES string of the molecule is Cc1cc(NC(=O)C(CCNC(=O)CN)NC(=O)C2Cc3ccccc3CN2C(=O)CCC(=O)N2CCCCC2)ccc1Cl. The molecule has 2 aromatic carbocycles. The largest absolute Gasteiger partial charge is 0.355 e. The Balaban J connectivity index is 1.49. The summed E-state index contributed by atoms with van der Waals surface area (Å²) >= 11 is 6.13. The summed E-state index contributed by atoms with van der Waals surface area (Å²) in [5.74, 6) is -1.71. The van der Waals surface area contributed by atoms with Crippen LogP contribution in [0.1, 0.15) is 55.2 Å². The molecule has 0 bridgehead atoms. The van der Waals surface area contributed by atoms with Gasteiger partial charge in [-0.25, -0.2) is 0 Å². The first kappa shape index (κ1) is 32.9. The van der Waals surface area contributed by atoms with Crippen molar-refractivity contribution in [3.63, 3.8) is 0 Å². The lowest BCUT2D eigenvalue weighted by atomic mass is 9.92. The number of amides is 5. The van der Waals surface area contributed by atoms with Crippen molar-refractivity contribution in [3.05, 3.63) is 64.2 Å². The minimum absolute atomic E-state index is 0.00771. The molecule has 0 aromatic heterocycles. The summed E-state index contributed by atoms with van der Waals surface area (Å²) in [7, 11) is 0. The van der Waals surface area contributed by atoms with Crippen molar-refractivity contribution in [2.24, 2.45) is 5.73 Å². The molecule has 2 aromatic rings. The number of carbonyl (C=O) groups excluding carboxylic acids is 5. The molecule has 5 N–H and O–H groups in total. The summed E-state index contributed by atoms with van der Waals surface area (Å²) in [6.45, 7) is 3.35. The van der Waals surface area contributed by atoms with Crippen LogP contribution in [0.15, 0.2) is 42.5 Å². The molecule has 11 nitrogen and oxygen atoms in total. The van der Waals surface area contributed by atoms with E-state index < -0.39 is 23.9 Å². The molecule has 2 aliphatic heterocycles. The second-order valence-corrected chi connectivity index (χ2v) is 11.7. The van der Waals surface area contributed by atoms with Crippen molar-refractivity contribution >= 4 is 46.8 Å². The number of benzene rings is 2. The Bertz CT molecular complexity index is 1380. The molecule has 2 aliphatic rings. The Labute approximate surface area is 262 Å². The number of nitrogens with two attached hydrogens (primary N) is 1. The summed E-state index contributed by atoms with van der Waals surface area (Å²) in [6.07, 6.45) is 3.47. The Morgan fingerprint density at radius 3 is 2.39 bits per heavy atom. The van der Waals surface area contributed by atoms with Crippen LogP contribution >= 0.6 is 11.6 Å². The van der Waals surface area contributed by atoms with Crippen molar-refractivity contribution in [1.82, 2.24) is 20.4 Å². The van der Waals surface area contributed by atoms with Crippen LogP contribution in [0.4, 0.5) is 5.69 Å². The van der Waals surface area contributed by atoms with Crippen LogP contribution in [-0.2, 0) is 36.9 Å². The van der Waals surface area contributed by atoms with Gasteiger partial charge in [0.25, 0.3) is 0 Å². The van der Waals surface area contributed by atoms with Gasteiger partial charge in [-0.05, 0) is 67.5 Å². The van der Waals surface area contributed by atoms with E-state index in [4.69, 9.17) is 17.3 Å². The molecule has 1 fully saturated rings. The number of hydrogen-bond acceptors (Lipinski definition) is 6. The maximum Gasteiger partial charge on any atom is 0.247 e. The van der Waals surface area contributed by atoms with Gasteiger partial charge in [0.2, 0.25) is 29.5 Å². The van der Waals surface area contributed by atoms with E-state index >= 15 is 0 Å². The molecule has 2 unspecified atom stereocenters. The Kier molecular flexibility index (Phi) is 11.7. The predicted molar refractivity (Wildman–Crippen MR) is 168 cm³/mol. The van der Waals surface area contributed by atoms with Gasteiger partial charge in [-0.15, -0.1) is 0 Å². The van der Waals surface area contributed by atoms with Gasteiger partial charge in [0.05, 0.1) is 6.54 Å². The number of halogens is 1. The number of fused-ring (bicyclic) bond motifs is 1. The van der Waals surface area contributed by atoms with Crippen LogP contribution in [0.2, 0.25) is 5.02 Å². The fraction of sp³-hybridized carbons (Fsp3) is 0.469. The first-order valence-electron chi connectivity index (χ1n) is 15.1. The maximum atomic E-state index is 13.8. The van der Waals surface area contributed by atoms with Gasteiger partial charge >= 0.3 is 0 Å². The monoisotopic (exact) mass is 624 g/mol. The lowest BCUT2D eigenvalue weighted by molar-refractivity contribution is -0.144. The molecule has 236 valence electrons. The standard InChI is InChI=1S/C32H41ClN6O5/c1-21-17-24(9-10-25(21)33)36-31(43)26(13-14-35-28(40)19-34)37-32(44)27-18-22-7-3-4-8-23(22)20-39(27)30(42)12-11-29(41)38-15-5-2-6-16-38/h3-4,7-10,17,26-27H,2,5-6,11-16,18-20,34H2,1H3,(H,35,40)(H,36,43)(H,37,44). The number of anilines is 1. The van der Waals surface area contributed by atoms with Gasteiger partial charge in [-0.3, -0.25) is 24.0 Å². The number of nitrogens with zero attached hydrogens (tertiary/aromatic N) is 2. The van der Waals surface area contributed by atoms with E-state index in [2.05, 4.69) is 16.0 Å². The summed E-state index contributed by atoms with van der Waals surface area (Å²) in [5, 5.41) is 8.82. The minimum atomic E-state index is -1.02. The maximum absolute atomic E-state index is 13.8. The van der Waals surface area contributed by atoms with Crippen LogP contribution in [0, 0.1) is 6.92 Å². The van der Waals surface area contributed by atoms with Crippen LogP contribution in [-0.4, -0.2) is 77.6 Å². The van der Waals surface area contributed by atoms with E-state index in [1.807, 2.05) is 31.2 Å². The molecular weight excluding hydrogens is 584 g/mol. The molecular formula is C32H41ClN6O5. The van der Waals surface area contributed by atoms with E-state index in [1.54, 1.807) is 23.1 Å². The first-order valence-corrected chi connectivity index (χ1v) is 15.5. The predicted octanol–water partition coefficient (Wildman–Crippen LogP) is 2.28. The van der Waals surface area contributed by atoms with E-state index in [0.717, 1.165) is 36.0 Å². The molecule has 0 spiro atoms. The first-order chi connectivity index (χ1) is 21.2. The quantitative estimate of drug-likeness (QED) is 0.301. The van der Waals surface area contributed by atoms with Crippen LogP contribution in [0.5, 0.6) is 0 Å². The third-order valence-electron chi connectivity index (χ3n) is 8.13. The molecule has 1 saturated heterocycles. The number of likely N-dealkylation sites (tertiary alicyclic amines) is 1. The van der Waals surface area contributed by atoms with Crippen LogP contribution in [0.25, 0.3) is 0 Å². The highest BCUT2D eigenvalue weighted by atomic mass is 35.5. The van der Waals surface area contributed by atoms with Gasteiger partial charge in [-0.1, -0.05) is 35.9 Å². The van der Waals surface area contributed by atoms with E-state index in [-0.39, 0.29) is 63.0 Å². The van der Waals surface area contributed by atoms with Crippen molar-refractivity contribution in [2.45, 2.75) is 70.5 Å².